The summed E-state index contributed by atoms with van der Waals surface area (Å²) in [7, 11) is 0. The second-order valence-corrected chi connectivity index (χ2v) is 6.62. The fraction of sp³-hybridized carbons (Fsp3) is 0.500. The maximum atomic E-state index is 5.98. The molecule has 0 radical (unpaired) electrons. The molecule has 0 amide bonds. The van der Waals surface area contributed by atoms with Crippen LogP contribution in [0.3, 0.4) is 0 Å². The molecule has 2 aromatic heterocycles. The molecule has 3 N–H and O–H groups in total. The summed E-state index contributed by atoms with van der Waals surface area (Å²) in [4.78, 5) is 15.6. The van der Waals surface area contributed by atoms with Crippen LogP contribution in [0.2, 0.25) is 0 Å². The van der Waals surface area contributed by atoms with Gasteiger partial charge in [-0.3, -0.25) is 4.98 Å². The number of pyridine rings is 1. The quantitative estimate of drug-likeness (QED) is 0.872. The van der Waals surface area contributed by atoms with Gasteiger partial charge in [0, 0.05) is 44.0 Å². The van der Waals surface area contributed by atoms with Crippen molar-refractivity contribution >= 4 is 11.8 Å². The zero-order valence-electron chi connectivity index (χ0n) is 13.9. The van der Waals surface area contributed by atoms with Crippen LogP contribution in [0.4, 0.5) is 11.8 Å². The van der Waals surface area contributed by atoms with Crippen LogP contribution in [-0.2, 0) is 12.8 Å². The SMILES string of the molecule is Nc1nc2c(c(N3CCC(c4ccncc4)CC3)n1)CCNCC2. The summed E-state index contributed by atoms with van der Waals surface area (Å²) in [6.07, 6.45) is 7.97. The molecule has 0 saturated carbocycles. The summed E-state index contributed by atoms with van der Waals surface area (Å²) in [5.41, 5.74) is 9.79. The average molecular weight is 324 g/mol. The van der Waals surface area contributed by atoms with E-state index in [1.807, 2.05) is 12.4 Å². The molecule has 126 valence electrons. The van der Waals surface area contributed by atoms with E-state index in [9.17, 15) is 0 Å². The average Bonchev–Trinajstić information content (AvgIpc) is 2.87. The molecule has 6 heteroatoms. The number of nitrogens with zero attached hydrogens (tertiary/aromatic N) is 4. The number of piperidine rings is 1. The molecular weight excluding hydrogens is 300 g/mol. The lowest BCUT2D eigenvalue weighted by Crippen LogP contribution is -2.35. The van der Waals surface area contributed by atoms with E-state index in [1.165, 1.54) is 11.1 Å². The number of nitrogens with one attached hydrogen (secondary N) is 1. The zero-order chi connectivity index (χ0) is 16.4. The van der Waals surface area contributed by atoms with Crippen LogP contribution in [0, 0.1) is 0 Å². The molecule has 1 saturated heterocycles. The van der Waals surface area contributed by atoms with Gasteiger partial charge in [0.2, 0.25) is 5.95 Å². The maximum Gasteiger partial charge on any atom is 0.222 e. The van der Waals surface area contributed by atoms with Crippen LogP contribution in [0.25, 0.3) is 0 Å². The van der Waals surface area contributed by atoms with Crippen LogP contribution in [0.1, 0.15) is 35.6 Å². The first-order valence-electron chi connectivity index (χ1n) is 8.82. The standard InChI is InChI=1S/C18H24N6/c19-18-22-16-4-10-21-9-3-15(16)17(23-18)24-11-5-14(6-12-24)13-1-7-20-8-2-13/h1-2,7-8,14,21H,3-6,9-12H2,(H2,19,22,23). The van der Waals surface area contributed by atoms with Crippen molar-refractivity contribution in [3.8, 4) is 0 Å². The van der Waals surface area contributed by atoms with Crippen molar-refractivity contribution in [1.29, 1.82) is 0 Å². The van der Waals surface area contributed by atoms with E-state index in [0.717, 1.165) is 63.4 Å². The van der Waals surface area contributed by atoms with E-state index < -0.39 is 0 Å². The van der Waals surface area contributed by atoms with Crippen LogP contribution in [0.5, 0.6) is 0 Å². The molecule has 2 aliphatic heterocycles. The monoisotopic (exact) mass is 324 g/mol. The first kappa shape index (κ1) is 15.3. The van der Waals surface area contributed by atoms with Gasteiger partial charge in [-0.05, 0) is 49.4 Å². The van der Waals surface area contributed by atoms with Crippen LogP contribution in [-0.4, -0.2) is 41.1 Å². The van der Waals surface area contributed by atoms with Crippen molar-refractivity contribution in [3.63, 3.8) is 0 Å². The number of aromatic nitrogens is 3. The summed E-state index contributed by atoms with van der Waals surface area (Å²) < 4.78 is 0. The number of anilines is 2. The molecule has 0 unspecified atom stereocenters. The molecule has 0 aromatic carbocycles. The Hall–Kier alpha value is -2.21. The predicted molar refractivity (Wildman–Crippen MR) is 95.1 cm³/mol. The summed E-state index contributed by atoms with van der Waals surface area (Å²) in [5.74, 6) is 2.08. The number of rotatable bonds is 2. The Balaban J connectivity index is 1.54. The Kier molecular flexibility index (Phi) is 4.30. The minimum atomic E-state index is 0.405. The molecule has 4 heterocycles. The third-order valence-electron chi connectivity index (χ3n) is 5.15. The number of fused-ring (bicyclic) bond motifs is 1. The molecule has 1 fully saturated rings. The molecule has 6 nitrogen and oxygen atoms in total. The van der Waals surface area contributed by atoms with Crippen LogP contribution >= 0.6 is 0 Å². The zero-order valence-corrected chi connectivity index (χ0v) is 13.9. The van der Waals surface area contributed by atoms with Crippen LogP contribution < -0.4 is 16.0 Å². The summed E-state index contributed by atoms with van der Waals surface area (Å²) >= 11 is 0. The summed E-state index contributed by atoms with van der Waals surface area (Å²) in [5, 5.41) is 3.44. The molecule has 2 aromatic rings. The fourth-order valence-electron chi connectivity index (χ4n) is 3.87. The lowest BCUT2D eigenvalue weighted by molar-refractivity contribution is 0.501. The van der Waals surface area contributed by atoms with Gasteiger partial charge in [-0.2, -0.15) is 4.98 Å². The maximum absolute atomic E-state index is 5.98. The van der Waals surface area contributed by atoms with Gasteiger partial charge in [0.1, 0.15) is 5.82 Å². The highest BCUT2D eigenvalue weighted by atomic mass is 15.2. The van der Waals surface area contributed by atoms with E-state index in [1.54, 1.807) is 0 Å². The molecule has 0 bridgehead atoms. The van der Waals surface area contributed by atoms with Crippen molar-refractivity contribution in [3.05, 3.63) is 41.3 Å². The van der Waals surface area contributed by atoms with Gasteiger partial charge in [0.25, 0.3) is 0 Å². The van der Waals surface area contributed by atoms with Gasteiger partial charge < -0.3 is 16.0 Å². The molecule has 24 heavy (non-hydrogen) atoms. The summed E-state index contributed by atoms with van der Waals surface area (Å²) in [6.45, 7) is 3.99. The van der Waals surface area contributed by atoms with Crippen molar-refractivity contribution < 1.29 is 0 Å². The van der Waals surface area contributed by atoms with Gasteiger partial charge in [-0.25, -0.2) is 4.98 Å². The Morgan fingerprint density at radius 2 is 1.79 bits per heavy atom. The Bertz CT molecular complexity index is 694. The van der Waals surface area contributed by atoms with Crippen molar-refractivity contribution in [2.24, 2.45) is 0 Å². The lowest BCUT2D eigenvalue weighted by Gasteiger charge is -2.34. The van der Waals surface area contributed by atoms with E-state index in [2.05, 4.69) is 37.3 Å². The topological polar surface area (TPSA) is 80.0 Å². The largest absolute Gasteiger partial charge is 0.368 e. The molecular formula is C18H24N6. The Labute approximate surface area is 142 Å². The molecule has 0 spiro atoms. The number of nitrogens with two attached hydrogens (primary N) is 1. The third-order valence-corrected chi connectivity index (χ3v) is 5.15. The van der Waals surface area contributed by atoms with Crippen molar-refractivity contribution in [2.75, 3.05) is 36.8 Å². The first-order valence-corrected chi connectivity index (χ1v) is 8.82. The minimum absolute atomic E-state index is 0.405. The highest BCUT2D eigenvalue weighted by molar-refractivity contribution is 5.53. The predicted octanol–water partition coefficient (Wildman–Crippen LogP) is 1.53. The Morgan fingerprint density at radius 3 is 2.58 bits per heavy atom. The molecule has 2 aliphatic rings. The number of hydrogen-bond acceptors (Lipinski definition) is 6. The number of hydrogen-bond donors (Lipinski definition) is 2. The molecule has 0 atom stereocenters. The van der Waals surface area contributed by atoms with Crippen LogP contribution in [0.15, 0.2) is 24.5 Å². The van der Waals surface area contributed by atoms with E-state index in [-0.39, 0.29) is 0 Å². The van der Waals surface area contributed by atoms with Gasteiger partial charge in [-0.1, -0.05) is 0 Å². The first-order chi connectivity index (χ1) is 11.8. The smallest absolute Gasteiger partial charge is 0.222 e. The molecule has 0 aliphatic carbocycles. The summed E-state index contributed by atoms with van der Waals surface area (Å²) in [6, 6.07) is 4.28. The van der Waals surface area contributed by atoms with Gasteiger partial charge in [-0.15, -0.1) is 0 Å². The number of nitrogen functional groups attached to an aromatic ring is 1. The highest BCUT2D eigenvalue weighted by Crippen LogP contribution is 2.32. The highest BCUT2D eigenvalue weighted by Gasteiger charge is 2.25. The molecule has 4 rings (SSSR count). The Morgan fingerprint density at radius 1 is 1.04 bits per heavy atom. The lowest BCUT2D eigenvalue weighted by atomic mass is 9.90. The van der Waals surface area contributed by atoms with E-state index in [4.69, 9.17) is 5.73 Å². The van der Waals surface area contributed by atoms with Crippen molar-refractivity contribution in [2.45, 2.75) is 31.6 Å². The van der Waals surface area contributed by atoms with E-state index >= 15 is 0 Å². The second kappa shape index (κ2) is 6.73. The van der Waals surface area contributed by atoms with Gasteiger partial charge in [0.05, 0.1) is 5.69 Å². The minimum Gasteiger partial charge on any atom is -0.368 e. The van der Waals surface area contributed by atoms with E-state index in [0.29, 0.717) is 11.9 Å². The second-order valence-electron chi connectivity index (χ2n) is 6.62. The normalized spacial score (nSPS) is 18.9. The fourth-order valence-corrected chi connectivity index (χ4v) is 3.87. The van der Waals surface area contributed by atoms with Crippen molar-refractivity contribution in [1.82, 2.24) is 20.3 Å². The third kappa shape index (κ3) is 3.06. The van der Waals surface area contributed by atoms with Gasteiger partial charge in [0.15, 0.2) is 0 Å². The van der Waals surface area contributed by atoms with Gasteiger partial charge >= 0.3 is 0 Å².